The molecule has 10 heteroatoms. The molecule has 2 saturated heterocycles. The second-order valence-electron chi connectivity index (χ2n) is 7.50. The summed E-state index contributed by atoms with van der Waals surface area (Å²) in [4.78, 5) is 32.9. The molecule has 8 nitrogen and oxygen atoms in total. The number of carbonyl (C=O) groups excluding carboxylic acids is 1. The van der Waals surface area contributed by atoms with Gasteiger partial charge in [-0.3, -0.25) is 18.9 Å². The van der Waals surface area contributed by atoms with Crippen molar-refractivity contribution in [3.05, 3.63) is 44.7 Å². The molecule has 1 atom stereocenters. The third-order valence-electron chi connectivity index (χ3n) is 5.27. The Morgan fingerprint density at radius 3 is 3.03 bits per heavy atom. The van der Waals surface area contributed by atoms with Crippen molar-refractivity contribution in [2.24, 2.45) is 0 Å². The van der Waals surface area contributed by atoms with E-state index in [0.29, 0.717) is 52.4 Å². The average molecular weight is 461 g/mol. The average Bonchev–Trinajstić information content (AvgIpc) is 3.35. The predicted octanol–water partition coefficient (Wildman–Crippen LogP) is 2.18. The van der Waals surface area contributed by atoms with Gasteiger partial charge in [-0.1, -0.05) is 30.0 Å². The van der Waals surface area contributed by atoms with Gasteiger partial charge in [-0.2, -0.15) is 0 Å². The molecule has 4 heterocycles. The molecule has 0 unspecified atom stereocenters. The van der Waals surface area contributed by atoms with Crippen LogP contribution < -0.4 is 10.9 Å². The summed E-state index contributed by atoms with van der Waals surface area (Å²) < 4.78 is 7.58. The number of aryl methyl sites for hydroxylation is 1. The second kappa shape index (κ2) is 9.47. The van der Waals surface area contributed by atoms with Gasteiger partial charge in [-0.05, 0) is 43.9 Å². The van der Waals surface area contributed by atoms with E-state index in [1.54, 1.807) is 23.2 Å². The van der Waals surface area contributed by atoms with Crippen molar-refractivity contribution in [3.8, 4) is 0 Å². The van der Waals surface area contributed by atoms with Crippen LogP contribution in [0.1, 0.15) is 30.4 Å². The molecule has 1 amide bonds. The van der Waals surface area contributed by atoms with Crippen LogP contribution in [0.5, 0.6) is 0 Å². The molecule has 0 saturated carbocycles. The van der Waals surface area contributed by atoms with Gasteiger partial charge in [-0.15, -0.1) is 0 Å². The van der Waals surface area contributed by atoms with E-state index >= 15 is 0 Å². The smallest absolute Gasteiger partial charge is 0.267 e. The first-order valence-corrected chi connectivity index (χ1v) is 11.5. The van der Waals surface area contributed by atoms with Gasteiger partial charge in [0.25, 0.3) is 11.5 Å². The zero-order chi connectivity index (χ0) is 22.0. The Balaban J connectivity index is 1.72. The lowest BCUT2D eigenvalue weighted by molar-refractivity contribution is -0.123. The zero-order valence-electron chi connectivity index (χ0n) is 17.2. The number of hydrogen-bond donors (Lipinski definition) is 2. The van der Waals surface area contributed by atoms with E-state index in [9.17, 15) is 9.59 Å². The Kier molecular flexibility index (Phi) is 6.71. The summed E-state index contributed by atoms with van der Waals surface area (Å²) in [6.07, 6.45) is 5.63. The molecule has 0 radical (unpaired) electrons. The number of anilines is 1. The third kappa shape index (κ3) is 4.52. The van der Waals surface area contributed by atoms with Crippen LogP contribution in [0.2, 0.25) is 0 Å². The summed E-state index contributed by atoms with van der Waals surface area (Å²) in [6, 6.07) is 3.67. The van der Waals surface area contributed by atoms with Crippen LogP contribution in [0.15, 0.2) is 28.0 Å². The van der Waals surface area contributed by atoms with E-state index in [2.05, 4.69) is 10.3 Å². The Morgan fingerprint density at radius 1 is 1.45 bits per heavy atom. The predicted molar refractivity (Wildman–Crippen MR) is 125 cm³/mol. The Hall–Kier alpha value is -2.27. The number of pyridine rings is 1. The summed E-state index contributed by atoms with van der Waals surface area (Å²) in [5, 5.41) is 12.2. The van der Waals surface area contributed by atoms with Crippen molar-refractivity contribution in [2.45, 2.75) is 32.3 Å². The molecule has 0 spiro atoms. The maximum Gasteiger partial charge on any atom is 0.267 e. The van der Waals surface area contributed by atoms with Gasteiger partial charge in [0, 0.05) is 26.0 Å². The van der Waals surface area contributed by atoms with E-state index in [-0.39, 0.29) is 24.2 Å². The Labute approximate surface area is 189 Å². The minimum absolute atomic E-state index is 0.00602. The number of aliphatic hydroxyl groups is 1. The molecule has 2 N–H and O–H groups in total. The molecule has 31 heavy (non-hydrogen) atoms. The van der Waals surface area contributed by atoms with Gasteiger partial charge in [0.05, 0.1) is 23.1 Å². The van der Waals surface area contributed by atoms with Crippen molar-refractivity contribution in [2.75, 3.05) is 31.6 Å². The SMILES string of the molecule is Cc1cccn2c(=O)c(/C=C3/SC(=S)N(C[C@H]4CCCO4)C3=O)c(NCCCO)nc12. The first kappa shape index (κ1) is 21.9. The van der Waals surface area contributed by atoms with Crippen LogP contribution in [0.3, 0.4) is 0 Å². The highest BCUT2D eigenvalue weighted by Crippen LogP contribution is 2.34. The number of rotatable bonds is 7. The summed E-state index contributed by atoms with van der Waals surface area (Å²) in [6.45, 7) is 3.49. The van der Waals surface area contributed by atoms with Gasteiger partial charge >= 0.3 is 0 Å². The Bertz CT molecular complexity index is 1110. The summed E-state index contributed by atoms with van der Waals surface area (Å²) in [5.41, 5.74) is 1.42. The van der Waals surface area contributed by atoms with Gasteiger partial charge in [0.15, 0.2) is 0 Å². The van der Waals surface area contributed by atoms with Crippen molar-refractivity contribution in [1.29, 1.82) is 0 Å². The largest absolute Gasteiger partial charge is 0.396 e. The van der Waals surface area contributed by atoms with Crippen LogP contribution in [-0.2, 0) is 9.53 Å². The second-order valence-corrected chi connectivity index (χ2v) is 9.17. The van der Waals surface area contributed by atoms with Crippen LogP contribution in [0.4, 0.5) is 5.82 Å². The number of ether oxygens (including phenoxy) is 1. The molecule has 0 aromatic carbocycles. The lowest BCUT2D eigenvalue weighted by Crippen LogP contribution is -2.35. The summed E-state index contributed by atoms with van der Waals surface area (Å²) >= 11 is 6.60. The number of thiocarbonyl (C=S) groups is 1. The number of hydrogen-bond acceptors (Lipinski definition) is 8. The fraction of sp³-hybridized carbons (Fsp3) is 0.429. The summed E-state index contributed by atoms with van der Waals surface area (Å²) in [7, 11) is 0. The Morgan fingerprint density at radius 2 is 2.29 bits per heavy atom. The van der Waals surface area contributed by atoms with Crippen molar-refractivity contribution < 1.29 is 14.6 Å². The topological polar surface area (TPSA) is 96.2 Å². The number of amides is 1. The van der Waals surface area contributed by atoms with Gasteiger partial charge < -0.3 is 15.2 Å². The normalized spacial score (nSPS) is 20.4. The third-order valence-corrected chi connectivity index (χ3v) is 6.65. The van der Waals surface area contributed by atoms with Crippen molar-refractivity contribution in [1.82, 2.24) is 14.3 Å². The number of nitrogens with zero attached hydrogens (tertiary/aromatic N) is 3. The molecule has 0 bridgehead atoms. The minimum atomic E-state index is -0.274. The molecule has 2 aliphatic heterocycles. The minimum Gasteiger partial charge on any atom is -0.396 e. The summed E-state index contributed by atoms with van der Waals surface area (Å²) in [5.74, 6) is 0.165. The fourth-order valence-electron chi connectivity index (χ4n) is 3.64. The quantitative estimate of drug-likeness (QED) is 0.369. The molecule has 2 aromatic rings. The van der Waals surface area contributed by atoms with E-state index < -0.39 is 0 Å². The van der Waals surface area contributed by atoms with E-state index in [0.717, 1.165) is 18.4 Å². The highest BCUT2D eigenvalue weighted by molar-refractivity contribution is 8.26. The highest BCUT2D eigenvalue weighted by atomic mass is 32.2. The lowest BCUT2D eigenvalue weighted by atomic mass is 10.2. The van der Waals surface area contributed by atoms with Crippen molar-refractivity contribution in [3.63, 3.8) is 0 Å². The first-order chi connectivity index (χ1) is 15.0. The number of thioether (sulfide) groups is 1. The van der Waals surface area contributed by atoms with Crippen LogP contribution >= 0.6 is 24.0 Å². The number of aromatic nitrogens is 2. The van der Waals surface area contributed by atoms with Crippen LogP contribution in [0.25, 0.3) is 11.7 Å². The molecular weight excluding hydrogens is 436 g/mol. The highest BCUT2D eigenvalue weighted by Gasteiger charge is 2.35. The molecule has 2 fully saturated rings. The molecular formula is C21H24N4O4S2. The number of aliphatic hydroxyl groups excluding tert-OH is 1. The van der Waals surface area contributed by atoms with Gasteiger partial charge in [0.1, 0.15) is 15.8 Å². The number of carbonyl (C=O) groups is 1. The fourth-order valence-corrected chi connectivity index (χ4v) is 4.90. The maximum absolute atomic E-state index is 13.3. The van der Waals surface area contributed by atoms with E-state index in [1.165, 1.54) is 16.2 Å². The van der Waals surface area contributed by atoms with Gasteiger partial charge in [0.2, 0.25) is 0 Å². The molecule has 4 rings (SSSR count). The number of fused-ring (bicyclic) bond motifs is 1. The number of nitrogens with one attached hydrogen (secondary N) is 1. The van der Waals surface area contributed by atoms with E-state index in [1.807, 2.05) is 13.0 Å². The molecule has 2 aliphatic rings. The first-order valence-electron chi connectivity index (χ1n) is 10.2. The van der Waals surface area contributed by atoms with Gasteiger partial charge in [-0.25, -0.2) is 4.98 Å². The monoisotopic (exact) mass is 460 g/mol. The van der Waals surface area contributed by atoms with E-state index in [4.69, 9.17) is 22.1 Å². The van der Waals surface area contributed by atoms with Crippen molar-refractivity contribution >= 4 is 51.7 Å². The lowest BCUT2D eigenvalue weighted by Gasteiger charge is -2.18. The molecule has 0 aliphatic carbocycles. The standard InChI is InChI=1S/C21H24N4O4S2/c1-13-5-2-8-24-18(13)23-17(22-7-4-9-26)15(19(24)27)11-16-20(28)25(21(30)31-16)12-14-6-3-10-29-14/h2,5,8,11,14,22,26H,3-4,6-7,9-10,12H2,1H3/b16-11+/t14-/m1/s1. The zero-order valence-corrected chi connectivity index (χ0v) is 18.8. The van der Waals surface area contributed by atoms with Crippen LogP contribution in [0, 0.1) is 6.92 Å². The molecule has 2 aromatic heterocycles. The maximum atomic E-state index is 13.3. The molecule has 164 valence electrons. The van der Waals surface area contributed by atoms with Crippen LogP contribution in [-0.4, -0.2) is 62.0 Å².